The van der Waals surface area contributed by atoms with Gasteiger partial charge < -0.3 is 19.7 Å². The van der Waals surface area contributed by atoms with Crippen LogP contribution in [-0.4, -0.2) is 29.4 Å². The number of ether oxygens (including phenoxy) is 1. The second kappa shape index (κ2) is 7.10. The Labute approximate surface area is 152 Å². The van der Waals surface area contributed by atoms with Crippen LogP contribution in [-0.2, 0) is 6.54 Å². The van der Waals surface area contributed by atoms with Crippen molar-refractivity contribution in [1.29, 1.82) is 0 Å². The highest BCUT2D eigenvalue weighted by atomic mass is 16.5. The third-order valence-corrected chi connectivity index (χ3v) is 4.71. The maximum Gasteiger partial charge on any atom is 0.119 e. The normalized spacial score (nSPS) is 12.4. The molecule has 1 aromatic heterocycles. The van der Waals surface area contributed by atoms with E-state index in [2.05, 4.69) is 46.3 Å². The first-order chi connectivity index (χ1) is 12.8. The molecule has 4 rings (SSSR count). The molecule has 0 amide bonds. The SMILES string of the molecule is COc1ccc(NC[C@@H](O)Cn2c3ccccc3c3ccccc32)cc1. The first-order valence-electron chi connectivity index (χ1n) is 8.78. The lowest BCUT2D eigenvalue weighted by atomic mass is 10.2. The van der Waals surface area contributed by atoms with E-state index >= 15 is 0 Å². The standard InChI is InChI=1S/C22H22N2O2/c1-26-18-12-10-16(11-13-18)23-14-17(25)15-24-21-8-4-2-6-19(21)20-7-3-5-9-22(20)24/h2-13,17,23,25H,14-15H2,1H3/t17-/m1/s1. The lowest BCUT2D eigenvalue weighted by Gasteiger charge is -2.15. The number of hydrogen-bond donors (Lipinski definition) is 2. The summed E-state index contributed by atoms with van der Waals surface area (Å²) < 4.78 is 7.37. The molecule has 0 unspecified atom stereocenters. The maximum atomic E-state index is 10.6. The smallest absolute Gasteiger partial charge is 0.119 e. The molecule has 132 valence electrons. The molecule has 0 radical (unpaired) electrons. The molecule has 4 aromatic rings. The topological polar surface area (TPSA) is 46.4 Å². The van der Waals surface area contributed by atoms with Gasteiger partial charge in [0, 0.05) is 34.0 Å². The predicted octanol–water partition coefficient (Wildman–Crippen LogP) is 4.28. The summed E-state index contributed by atoms with van der Waals surface area (Å²) in [6.07, 6.45) is -0.503. The van der Waals surface area contributed by atoms with Gasteiger partial charge in [-0.25, -0.2) is 0 Å². The van der Waals surface area contributed by atoms with Crippen LogP contribution in [0.25, 0.3) is 21.8 Å². The van der Waals surface area contributed by atoms with Crippen LogP contribution >= 0.6 is 0 Å². The summed E-state index contributed by atoms with van der Waals surface area (Å²) in [6, 6.07) is 24.4. The first kappa shape index (κ1) is 16.5. The number of aromatic nitrogens is 1. The van der Waals surface area contributed by atoms with Crippen LogP contribution in [0.15, 0.2) is 72.8 Å². The van der Waals surface area contributed by atoms with E-state index in [4.69, 9.17) is 4.74 Å². The minimum atomic E-state index is -0.503. The Morgan fingerprint density at radius 3 is 2.04 bits per heavy atom. The molecule has 2 N–H and O–H groups in total. The number of aliphatic hydroxyl groups is 1. The fraction of sp³-hybridized carbons (Fsp3) is 0.182. The van der Waals surface area contributed by atoms with Crippen molar-refractivity contribution < 1.29 is 9.84 Å². The van der Waals surface area contributed by atoms with Gasteiger partial charge in [0.2, 0.25) is 0 Å². The van der Waals surface area contributed by atoms with Crippen LogP contribution in [0.1, 0.15) is 0 Å². The second-order valence-electron chi connectivity index (χ2n) is 6.41. The van der Waals surface area contributed by atoms with E-state index in [0.29, 0.717) is 13.1 Å². The molecule has 0 aliphatic carbocycles. The van der Waals surface area contributed by atoms with E-state index < -0.39 is 6.10 Å². The van der Waals surface area contributed by atoms with E-state index in [-0.39, 0.29) is 0 Å². The Kier molecular flexibility index (Phi) is 4.50. The molecule has 4 nitrogen and oxygen atoms in total. The molecule has 0 saturated heterocycles. The zero-order chi connectivity index (χ0) is 17.9. The number of nitrogens with zero attached hydrogens (tertiary/aromatic N) is 1. The van der Waals surface area contributed by atoms with Crippen molar-refractivity contribution in [3.63, 3.8) is 0 Å². The Balaban J connectivity index is 1.54. The third kappa shape index (κ3) is 3.11. The zero-order valence-corrected chi connectivity index (χ0v) is 14.7. The average Bonchev–Trinajstić information content (AvgIpc) is 3.01. The zero-order valence-electron chi connectivity index (χ0n) is 14.7. The summed E-state index contributed by atoms with van der Waals surface area (Å²) in [4.78, 5) is 0. The fourth-order valence-electron chi connectivity index (χ4n) is 3.42. The number of hydrogen-bond acceptors (Lipinski definition) is 3. The molecule has 0 bridgehead atoms. The molecule has 0 saturated carbocycles. The number of fused-ring (bicyclic) bond motifs is 3. The predicted molar refractivity (Wildman–Crippen MR) is 107 cm³/mol. The molecule has 26 heavy (non-hydrogen) atoms. The van der Waals surface area contributed by atoms with Crippen molar-refractivity contribution >= 4 is 27.5 Å². The summed E-state index contributed by atoms with van der Waals surface area (Å²) in [5.74, 6) is 0.821. The van der Waals surface area contributed by atoms with Crippen molar-refractivity contribution in [3.8, 4) is 5.75 Å². The molecular formula is C22H22N2O2. The van der Waals surface area contributed by atoms with Crippen LogP contribution in [0.5, 0.6) is 5.75 Å². The Bertz CT molecular complexity index is 968. The molecule has 0 fully saturated rings. The van der Waals surface area contributed by atoms with Crippen LogP contribution in [0.4, 0.5) is 5.69 Å². The molecular weight excluding hydrogens is 324 g/mol. The van der Waals surface area contributed by atoms with Crippen molar-refractivity contribution in [3.05, 3.63) is 72.8 Å². The Hall–Kier alpha value is -2.98. The van der Waals surface area contributed by atoms with Gasteiger partial charge in [-0.1, -0.05) is 36.4 Å². The number of aliphatic hydroxyl groups excluding tert-OH is 1. The summed E-state index contributed by atoms with van der Waals surface area (Å²) in [5.41, 5.74) is 3.27. The van der Waals surface area contributed by atoms with Crippen molar-refractivity contribution in [2.75, 3.05) is 19.0 Å². The number of para-hydroxylation sites is 2. The highest BCUT2D eigenvalue weighted by molar-refractivity contribution is 6.07. The molecule has 3 aromatic carbocycles. The van der Waals surface area contributed by atoms with Gasteiger partial charge in [-0.2, -0.15) is 0 Å². The second-order valence-corrected chi connectivity index (χ2v) is 6.41. The highest BCUT2D eigenvalue weighted by Gasteiger charge is 2.13. The van der Waals surface area contributed by atoms with Gasteiger partial charge in [-0.3, -0.25) is 0 Å². The molecule has 1 heterocycles. The van der Waals surface area contributed by atoms with E-state index in [1.165, 1.54) is 10.8 Å². The number of methoxy groups -OCH3 is 1. The van der Waals surface area contributed by atoms with Gasteiger partial charge in [0.25, 0.3) is 0 Å². The summed E-state index contributed by atoms with van der Waals surface area (Å²) >= 11 is 0. The van der Waals surface area contributed by atoms with Gasteiger partial charge in [0.05, 0.1) is 19.8 Å². The quantitative estimate of drug-likeness (QED) is 0.548. The summed E-state index contributed by atoms with van der Waals surface area (Å²) in [5, 5.41) is 16.3. The van der Waals surface area contributed by atoms with E-state index in [0.717, 1.165) is 22.5 Å². The summed E-state index contributed by atoms with van der Waals surface area (Å²) in [7, 11) is 1.65. The lowest BCUT2D eigenvalue weighted by molar-refractivity contribution is 0.169. The first-order valence-corrected chi connectivity index (χ1v) is 8.78. The highest BCUT2D eigenvalue weighted by Crippen LogP contribution is 2.28. The van der Waals surface area contributed by atoms with Gasteiger partial charge >= 0.3 is 0 Å². The van der Waals surface area contributed by atoms with Gasteiger partial charge in [-0.15, -0.1) is 0 Å². The van der Waals surface area contributed by atoms with Crippen molar-refractivity contribution in [1.82, 2.24) is 4.57 Å². The molecule has 1 atom stereocenters. The number of nitrogens with one attached hydrogen (secondary N) is 1. The molecule has 0 spiro atoms. The molecule has 0 aliphatic heterocycles. The van der Waals surface area contributed by atoms with Crippen LogP contribution < -0.4 is 10.1 Å². The van der Waals surface area contributed by atoms with Gasteiger partial charge in [0.1, 0.15) is 5.75 Å². The third-order valence-electron chi connectivity index (χ3n) is 4.71. The van der Waals surface area contributed by atoms with E-state index in [1.54, 1.807) is 7.11 Å². The number of anilines is 1. The maximum absolute atomic E-state index is 10.6. The van der Waals surface area contributed by atoms with Crippen LogP contribution in [0.2, 0.25) is 0 Å². The minimum absolute atomic E-state index is 0.479. The minimum Gasteiger partial charge on any atom is -0.497 e. The fourth-order valence-corrected chi connectivity index (χ4v) is 3.42. The van der Waals surface area contributed by atoms with Crippen molar-refractivity contribution in [2.24, 2.45) is 0 Å². The Morgan fingerprint density at radius 1 is 0.885 bits per heavy atom. The van der Waals surface area contributed by atoms with Crippen LogP contribution in [0, 0.1) is 0 Å². The van der Waals surface area contributed by atoms with Gasteiger partial charge in [0.15, 0.2) is 0 Å². The molecule has 0 aliphatic rings. The van der Waals surface area contributed by atoms with Crippen LogP contribution in [0.3, 0.4) is 0 Å². The number of benzene rings is 3. The van der Waals surface area contributed by atoms with E-state index in [1.807, 2.05) is 36.4 Å². The molecule has 4 heteroatoms. The van der Waals surface area contributed by atoms with Crippen molar-refractivity contribution in [2.45, 2.75) is 12.6 Å². The largest absolute Gasteiger partial charge is 0.497 e. The van der Waals surface area contributed by atoms with Gasteiger partial charge in [-0.05, 0) is 36.4 Å². The lowest BCUT2D eigenvalue weighted by Crippen LogP contribution is -2.24. The summed E-state index contributed by atoms with van der Waals surface area (Å²) in [6.45, 7) is 1.02. The average molecular weight is 346 g/mol. The Morgan fingerprint density at radius 2 is 1.46 bits per heavy atom. The number of rotatable bonds is 6. The monoisotopic (exact) mass is 346 g/mol. The van der Waals surface area contributed by atoms with E-state index in [9.17, 15) is 5.11 Å².